The molecule has 39 heavy (non-hydrogen) atoms. The van der Waals surface area contributed by atoms with Gasteiger partial charge in [-0.3, -0.25) is 4.79 Å². The number of aromatic nitrogens is 5. The molecule has 11 nitrogen and oxygen atoms in total. The number of pyridine rings is 1. The zero-order chi connectivity index (χ0) is 27.1. The fourth-order valence-corrected chi connectivity index (χ4v) is 6.56. The van der Waals surface area contributed by atoms with Gasteiger partial charge in [-0.25, -0.2) is 19.9 Å². The summed E-state index contributed by atoms with van der Waals surface area (Å²) in [6.45, 7) is 4.73. The lowest BCUT2D eigenvalue weighted by atomic mass is 9.86. The number of piperidine rings is 1. The van der Waals surface area contributed by atoms with E-state index in [1.165, 1.54) is 11.3 Å². The highest BCUT2D eigenvalue weighted by Crippen LogP contribution is 2.36. The second kappa shape index (κ2) is 10.4. The molecule has 0 saturated carbocycles. The number of fused-ring (bicyclic) bond motifs is 2. The van der Waals surface area contributed by atoms with E-state index in [9.17, 15) is 9.18 Å². The summed E-state index contributed by atoms with van der Waals surface area (Å²) < 4.78 is 19.1. The SMILES string of the molecule is Cc1nc(C)c(-c2csc(Nc3ccc(C(=O)N4C5CC4CN(c4ncc(F)c(OCCO)n4)C5)cn3)n2)s1. The number of aliphatic hydroxyl groups excluding tert-OH is 1. The molecule has 7 rings (SSSR count). The number of aryl methyl sites for hydroxylation is 2. The van der Waals surface area contributed by atoms with E-state index in [0.717, 1.165) is 33.9 Å². The highest BCUT2D eigenvalue weighted by molar-refractivity contribution is 7.16. The van der Waals surface area contributed by atoms with Gasteiger partial charge < -0.3 is 25.0 Å². The number of rotatable bonds is 8. The largest absolute Gasteiger partial charge is 0.473 e. The van der Waals surface area contributed by atoms with Crippen molar-refractivity contribution in [2.75, 3.05) is 36.5 Å². The van der Waals surface area contributed by atoms with Crippen molar-refractivity contribution in [3.8, 4) is 16.5 Å². The lowest BCUT2D eigenvalue weighted by Crippen LogP contribution is -2.70. The molecule has 4 aromatic heterocycles. The molecule has 2 atom stereocenters. The molecule has 0 radical (unpaired) electrons. The number of amides is 1. The molecule has 2 unspecified atom stereocenters. The van der Waals surface area contributed by atoms with Crippen LogP contribution in [0.4, 0.5) is 21.3 Å². The number of hydrogen-bond donors (Lipinski definition) is 2. The molecule has 0 spiro atoms. The van der Waals surface area contributed by atoms with Crippen LogP contribution in [0.3, 0.4) is 0 Å². The van der Waals surface area contributed by atoms with Gasteiger partial charge in [0.15, 0.2) is 5.13 Å². The molecule has 3 aliphatic rings. The first-order chi connectivity index (χ1) is 18.9. The quantitative estimate of drug-likeness (QED) is 0.326. The fraction of sp³-hybridized carbons (Fsp3) is 0.360. The number of halogens is 1. The van der Waals surface area contributed by atoms with Crippen molar-refractivity contribution in [1.29, 1.82) is 0 Å². The first-order valence-electron chi connectivity index (χ1n) is 12.4. The molecule has 4 aromatic rings. The maximum atomic E-state index is 13.9. The Kier molecular flexibility index (Phi) is 6.83. The molecule has 202 valence electrons. The van der Waals surface area contributed by atoms with Crippen LogP contribution >= 0.6 is 22.7 Å². The third kappa shape index (κ3) is 5.02. The molecule has 14 heteroatoms. The van der Waals surface area contributed by atoms with Crippen LogP contribution in [0.5, 0.6) is 5.88 Å². The van der Waals surface area contributed by atoms with Crippen molar-refractivity contribution in [3.05, 3.63) is 52.0 Å². The Labute approximate surface area is 231 Å². The molecule has 0 aliphatic carbocycles. The number of aliphatic hydroxyl groups is 1. The minimum absolute atomic E-state index is 0.00269. The van der Waals surface area contributed by atoms with Gasteiger partial charge in [0.25, 0.3) is 11.8 Å². The van der Waals surface area contributed by atoms with Gasteiger partial charge in [0.1, 0.15) is 12.4 Å². The number of carbonyl (C=O) groups is 1. The van der Waals surface area contributed by atoms with Crippen molar-refractivity contribution >= 4 is 45.5 Å². The first kappa shape index (κ1) is 25.5. The minimum atomic E-state index is -0.683. The van der Waals surface area contributed by atoms with Crippen molar-refractivity contribution in [2.45, 2.75) is 32.4 Å². The zero-order valence-corrected chi connectivity index (χ0v) is 22.8. The van der Waals surface area contributed by atoms with E-state index >= 15 is 0 Å². The molecular weight excluding hydrogens is 543 g/mol. The Hall–Kier alpha value is -3.75. The standard InChI is InChI=1S/C25H25FN8O3S2/c1-13-21(39-14(2)29-13)19-12-38-25(30-19)31-20-4-3-15(8-27-20)23(36)34-16-7-17(34)11-33(10-16)24-28-9-18(26)22(32-24)37-6-5-35/h3-4,8-9,12,16-17,35H,5-7,10-11H2,1-2H3,(H,27,30,31). The average Bonchev–Trinajstić information content (AvgIpc) is 3.53. The molecule has 0 aromatic carbocycles. The highest BCUT2D eigenvalue weighted by atomic mass is 32.1. The normalized spacial score (nSPS) is 18.2. The number of nitrogens with zero attached hydrogens (tertiary/aromatic N) is 7. The van der Waals surface area contributed by atoms with Crippen LogP contribution < -0.4 is 15.0 Å². The number of hydrogen-bond acceptors (Lipinski definition) is 12. The summed E-state index contributed by atoms with van der Waals surface area (Å²) in [5, 5.41) is 15.9. The smallest absolute Gasteiger partial charge is 0.256 e. The first-order valence-corrected chi connectivity index (χ1v) is 14.1. The van der Waals surface area contributed by atoms with Crippen molar-refractivity contribution < 1.29 is 19.0 Å². The molecule has 3 saturated heterocycles. The number of piperazine rings is 1. The van der Waals surface area contributed by atoms with Crippen molar-refractivity contribution in [3.63, 3.8) is 0 Å². The van der Waals surface area contributed by atoms with E-state index in [-0.39, 0.29) is 37.1 Å². The predicted octanol–water partition coefficient (Wildman–Crippen LogP) is 3.43. The molecule has 3 fully saturated rings. The van der Waals surface area contributed by atoms with E-state index in [4.69, 9.17) is 9.84 Å². The van der Waals surface area contributed by atoms with Gasteiger partial charge in [0.2, 0.25) is 11.8 Å². The van der Waals surface area contributed by atoms with E-state index in [2.05, 4.69) is 30.2 Å². The van der Waals surface area contributed by atoms with Gasteiger partial charge in [-0.15, -0.1) is 22.7 Å². The van der Waals surface area contributed by atoms with Gasteiger partial charge >= 0.3 is 0 Å². The average molecular weight is 569 g/mol. The van der Waals surface area contributed by atoms with Crippen LogP contribution in [0.1, 0.15) is 27.5 Å². The van der Waals surface area contributed by atoms with Crippen molar-refractivity contribution in [1.82, 2.24) is 29.8 Å². The van der Waals surface area contributed by atoms with Crippen LogP contribution in [0.15, 0.2) is 29.9 Å². The maximum Gasteiger partial charge on any atom is 0.256 e. The number of ether oxygens (including phenoxy) is 1. The maximum absolute atomic E-state index is 13.9. The van der Waals surface area contributed by atoms with Gasteiger partial charge in [0, 0.05) is 24.7 Å². The van der Waals surface area contributed by atoms with E-state index in [1.807, 2.05) is 29.0 Å². The minimum Gasteiger partial charge on any atom is -0.473 e. The Balaban J connectivity index is 1.08. The topological polar surface area (TPSA) is 129 Å². The summed E-state index contributed by atoms with van der Waals surface area (Å²) in [5.41, 5.74) is 2.36. The number of anilines is 3. The Morgan fingerprint density at radius 1 is 1.18 bits per heavy atom. The summed E-state index contributed by atoms with van der Waals surface area (Å²) >= 11 is 3.11. The van der Waals surface area contributed by atoms with Gasteiger partial charge in [-0.05, 0) is 32.4 Å². The van der Waals surface area contributed by atoms with E-state index in [0.29, 0.717) is 35.6 Å². The second-order valence-corrected chi connectivity index (χ2v) is 11.4. The van der Waals surface area contributed by atoms with E-state index < -0.39 is 5.82 Å². The van der Waals surface area contributed by atoms with Crippen LogP contribution in [0, 0.1) is 19.7 Å². The lowest BCUT2D eigenvalue weighted by molar-refractivity contribution is 0.00551. The summed E-state index contributed by atoms with van der Waals surface area (Å²) in [5.74, 6) is -0.00309. The van der Waals surface area contributed by atoms with Crippen LogP contribution in [0.2, 0.25) is 0 Å². The van der Waals surface area contributed by atoms with Gasteiger partial charge in [0.05, 0.1) is 51.7 Å². The Bertz CT molecular complexity index is 1500. The summed E-state index contributed by atoms with van der Waals surface area (Å²) in [7, 11) is 0. The Morgan fingerprint density at radius 3 is 2.69 bits per heavy atom. The monoisotopic (exact) mass is 568 g/mol. The Morgan fingerprint density at radius 2 is 2.00 bits per heavy atom. The van der Waals surface area contributed by atoms with Crippen LogP contribution in [-0.4, -0.2) is 79.2 Å². The molecule has 2 bridgehead atoms. The molecule has 1 amide bonds. The zero-order valence-electron chi connectivity index (χ0n) is 21.2. The number of thiazole rings is 2. The summed E-state index contributed by atoms with van der Waals surface area (Å²) in [6.07, 6.45) is 3.53. The molecular formula is C25H25FN8O3S2. The van der Waals surface area contributed by atoms with Gasteiger partial charge in [-0.1, -0.05) is 0 Å². The number of carbonyl (C=O) groups excluding carboxylic acids is 1. The van der Waals surface area contributed by atoms with Gasteiger partial charge in [-0.2, -0.15) is 9.37 Å². The fourth-order valence-electron chi connectivity index (χ4n) is 4.90. The molecule has 2 N–H and O–H groups in total. The summed E-state index contributed by atoms with van der Waals surface area (Å²) in [4.78, 5) is 40.0. The molecule has 7 heterocycles. The van der Waals surface area contributed by atoms with Crippen LogP contribution in [-0.2, 0) is 0 Å². The number of nitrogens with one attached hydrogen (secondary N) is 1. The van der Waals surface area contributed by atoms with E-state index in [1.54, 1.807) is 29.7 Å². The lowest BCUT2D eigenvalue weighted by Gasteiger charge is -2.56. The second-order valence-electron chi connectivity index (χ2n) is 9.30. The third-order valence-corrected chi connectivity index (χ3v) is 8.48. The molecule has 3 aliphatic heterocycles. The highest BCUT2D eigenvalue weighted by Gasteiger charge is 2.48. The van der Waals surface area contributed by atoms with Crippen LogP contribution in [0.25, 0.3) is 10.6 Å². The third-order valence-electron chi connectivity index (χ3n) is 6.63. The summed E-state index contributed by atoms with van der Waals surface area (Å²) in [6, 6.07) is 3.54. The predicted molar refractivity (Wildman–Crippen MR) is 145 cm³/mol. The van der Waals surface area contributed by atoms with Crippen molar-refractivity contribution in [2.24, 2.45) is 0 Å².